The lowest BCUT2D eigenvalue weighted by Crippen LogP contribution is -2.22. The number of hydrogen-bond acceptors (Lipinski definition) is 4. The van der Waals surface area contributed by atoms with Crippen molar-refractivity contribution >= 4 is 22.8 Å². The lowest BCUT2D eigenvalue weighted by Gasteiger charge is -2.15. The van der Waals surface area contributed by atoms with Gasteiger partial charge in [-0.05, 0) is 66.8 Å². The summed E-state index contributed by atoms with van der Waals surface area (Å²) in [4.78, 5) is 24.3. The monoisotopic (exact) mass is 446 g/mol. The number of primary amides is 1. The van der Waals surface area contributed by atoms with Gasteiger partial charge in [-0.15, -0.1) is 0 Å². The lowest BCUT2D eigenvalue weighted by molar-refractivity contribution is -0.142. The minimum absolute atomic E-state index is 0.179. The van der Waals surface area contributed by atoms with Gasteiger partial charge in [-0.3, -0.25) is 4.79 Å². The van der Waals surface area contributed by atoms with Gasteiger partial charge in [-0.2, -0.15) is 0 Å². The average molecular weight is 447 g/mol. The summed E-state index contributed by atoms with van der Waals surface area (Å²) in [6, 6.07) is 14.6. The van der Waals surface area contributed by atoms with Gasteiger partial charge in [0, 0.05) is 17.6 Å². The highest BCUT2D eigenvalue weighted by Gasteiger charge is 2.32. The third-order valence-electron chi connectivity index (χ3n) is 7.02. The van der Waals surface area contributed by atoms with E-state index in [1.165, 1.54) is 31.1 Å². The molecule has 2 aliphatic rings. The minimum atomic E-state index is -0.442. The van der Waals surface area contributed by atoms with Gasteiger partial charge in [0.1, 0.15) is 5.75 Å². The number of methoxy groups -OCH3 is 1. The van der Waals surface area contributed by atoms with E-state index in [0.29, 0.717) is 11.7 Å². The Morgan fingerprint density at radius 1 is 1.06 bits per heavy atom. The summed E-state index contributed by atoms with van der Waals surface area (Å²) in [7, 11) is 1.34. The fourth-order valence-electron chi connectivity index (χ4n) is 5.30. The molecule has 1 aromatic heterocycles. The van der Waals surface area contributed by atoms with Gasteiger partial charge in [0.15, 0.2) is 6.61 Å². The van der Waals surface area contributed by atoms with Crippen molar-refractivity contribution in [1.82, 2.24) is 4.57 Å². The molecule has 1 amide bonds. The summed E-state index contributed by atoms with van der Waals surface area (Å²) < 4.78 is 13.0. The molecule has 2 aromatic carbocycles. The first-order chi connectivity index (χ1) is 16.1. The second kappa shape index (κ2) is 8.93. The van der Waals surface area contributed by atoms with Crippen LogP contribution in [0.15, 0.2) is 42.5 Å². The number of ether oxygens (including phenoxy) is 2. The van der Waals surface area contributed by atoms with Crippen LogP contribution >= 0.6 is 0 Å². The van der Waals surface area contributed by atoms with Crippen molar-refractivity contribution in [1.29, 1.82) is 0 Å². The number of hydrogen-bond donors (Lipinski definition) is 1. The van der Waals surface area contributed by atoms with E-state index in [1.54, 1.807) is 0 Å². The van der Waals surface area contributed by atoms with E-state index in [0.717, 1.165) is 54.4 Å². The van der Waals surface area contributed by atoms with Crippen LogP contribution in [-0.4, -0.2) is 30.2 Å². The molecule has 33 heavy (non-hydrogen) atoms. The summed E-state index contributed by atoms with van der Waals surface area (Å²) in [6.45, 7) is 0.561. The van der Waals surface area contributed by atoms with E-state index in [4.69, 9.17) is 15.2 Å². The number of aromatic nitrogens is 1. The van der Waals surface area contributed by atoms with E-state index in [9.17, 15) is 9.59 Å². The van der Waals surface area contributed by atoms with Gasteiger partial charge in [0.2, 0.25) is 5.91 Å². The number of esters is 1. The predicted molar refractivity (Wildman–Crippen MR) is 126 cm³/mol. The number of nitrogens with zero attached hydrogens (tertiary/aromatic N) is 1. The van der Waals surface area contributed by atoms with Crippen molar-refractivity contribution in [2.75, 3.05) is 13.7 Å². The molecule has 6 heteroatoms. The highest BCUT2D eigenvalue weighted by molar-refractivity contribution is 5.97. The van der Waals surface area contributed by atoms with Crippen molar-refractivity contribution in [3.05, 3.63) is 64.8 Å². The van der Waals surface area contributed by atoms with Crippen LogP contribution in [-0.2, 0) is 27.3 Å². The van der Waals surface area contributed by atoms with E-state index < -0.39 is 5.97 Å². The Kier molecular flexibility index (Phi) is 5.83. The maximum absolute atomic E-state index is 12.6. The Labute approximate surface area is 193 Å². The Hall–Kier alpha value is -3.28. The summed E-state index contributed by atoms with van der Waals surface area (Å²) in [5, 5.41) is 0.894. The predicted octanol–water partition coefficient (Wildman–Crippen LogP) is 4.41. The largest absolute Gasteiger partial charge is 0.481 e. The van der Waals surface area contributed by atoms with Crippen LogP contribution in [0.3, 0.4) is 0 Å². The van der Waals surface area contributed by atoms with Crippen molar-refractivity contribution in [2.24, 2.45) is 5.73 Å². The molecule has 0 aliphatic heterocycles. The number of amides is 1. The van der Waals surface area contributed by atoms with Crippen LogP contribution in [0, 0.1) is 0 Å². The zero-order valence-electron chi connectivity index (χ0n) is 19.0. The van der Waals surface area contributed by atoms with Gasteiger partial charge in [-0.1, -0.05) is 36.8 Å². The molecule has 1 unspecified atom stereocenters. The third kappa shape index (κ3) is 4.10. The highest BCUT2D eigenvalue weighted by atomic mass is 16.6. The first kappa shape index (κ1) is 21.6. The van der Waals surface area contributed by atoms with Crippen molar-refractivity contribution in [3.8, 4) is 5.75 Å². The standard InChI is InChI=1S/C27H30N2O4/c1-32-24(30)16-33-23-12-6-11-22-26(23)25-20(27(28)31)9-4-5-10-21(25)29(22)15-18-7-2-3-8-19(18)17-13-14-17/h2-3,6-8,11-12,17,20H,4-5,9-10,13-16H2,1H3,(H2,28,31). The van der Waals surface area contributed by atoms with Gasteiger partial charge in [0.05, 0.1) is 18.5 Å². The number of carbonyl (C=O) groups is 2. The van der Waals surface area contributed by atoms with Crippen LogP contribution in [0.4, 0.5) is 0 Å². The summed E-state index contributed by atoms with van der Waals surface area (Å²) in [5.74, 6) is 0.129. The first-order valence-electron chi connectivity index (χ1n) is 11.8. The molecule has 2 aliphatic carbocycles. The molecule has 1 heterocycles. The molecular weight excluding hydrogens is 416 g/mol. The Balaban J connectivity index is 1.68. The van der Waals surface area contributed by atoms with Crippen molar-refractivity contribution < 1.29 is 19.1 Å². The first-order valence-corrected chi connectivity index (χ1v) is 11.8. The molecule has 3 aromatic rings. The summed E-state index contributed by atoms with van der Waals surface area (Å²) in [5.41, 5.74) is 11.8. The van der Waals surface area contributed by atoms with E-state index in [-0.39, 0.29) is 18.4 Å². The maximum Gasteiger partial charge on any atom is 0.343 e. The van der Waals surface area contributed by atoms with Gasteiger partial charge < -0.3 is 19.8 Å². The Morgan fingerprint density at radius 2 is 1.88 bits per heavy atom. The molecule has 1 atom stereocenters. The van der Waals surface area contributed by atoms with Crippen molar-refractivity contribution in [2.45, 2.75) is 56.9 Å². The molecule has 0 radical (unpaired) electrons. The third-order valence-corrected chi connectivity index (χ3v) is 7.02. The topological polar surface area (TPSA) is 83.6 Å². The Bertz CT molecular complexity index is 1210. The second-order valence-electron chi connectivity index (χ2n) is 9.14. The Morgan fingerprint density at radius 3 is 2.64 bits per heavy atom. The van der Waals surface area contributed by atoms with E-state index in [2.05, 4.69) is 34.9 Å². The molecule has 2 N–H and O–H groups in total. The van der Waals surface area contributed by atoms with E-state index >= 15 is 0 Å². The number of carbonyl (C=O) groups excluding carboxylic acids is 2. The average Bonchev–Trinajstić information content (AvgIpc) is 3.65. The number of fused-ring (bicyclic) bond motifs is 3. The molecular formula is C27H30N2O4. The fourth-order valence-corrected chi connectivity index (χ4v) is 5.30. The van der Waals surface area contributed by atoms with Crippen molar-refractivity contribution in [3.63, 3.8) is 0 Å². The molecule has 0 bridgehead atoms. The van der Waals surface area contributed by atoms with Gasteiger partial charge >= 0.3 is 5.97 Å². The zero-order valence-corrected chi connectivity index (χ0v) is 19.0. The zero-order chi connectivity index (χ0) is 22.9. The van der Waals surface area contributed by atoms with Crippen LogP contribution in [0.2, 0.25) is 0 Å². The molecule has 6 nitrogen and oxygen atoms in total. The lowest BCUT2D eigenvalue weighted by atomic mass is 9.92. The number of benzene rings is 2. The highest BCUT2D eigenvalue weighted by Crippen LogP contribution is 2.44. The van der Waals surface area contributed by atoms with E-state index in [1.807, 2.05) is 12.1 Å². The van der Waals surface area contributed by atoms with Crippen LogP contribution in [0.1, 0.15) is 66.3 Å². The minimum Gasteiger partial charge on any atom is -0.481 e. The van der Waals surface area contributed by atoms with Crippen LogP contribution in [0.5, 0.6) is 5.75 Å². The van der Waals surface area contributed by atoms with Crippen LogP contribution < -0.4 is 10.5 Å². The molecule has 1 saturated carbocycles. The van der Waals surface area contributed by atoms with Gasteiger partial charge in [-0.25, -0.2) is 4.79 Å². The molecule has 172 valence electrons. The molecule has 0 spiro atoms. The summed E-state index contributed by atoms with van der Waals surface area (Å²) >= 11 is 0. The van der Waals surface area contributed by atoms with Gasteiger partial charge in [0.25, 0.3) is 0 Å². The van der Waals surface area contributed by atoms with Crippen LogP contribution in [0.25, 0.3) is 10.9 Å². The normalized spacial score (nSPS) is 17.9. The molecule has 1 fully saturated rings. The SMILES string of the molecule is COC(=O)COc1cccc2c1c1c(n2Cc2ccccc2C2CC2)CCCCC1C(N)=O. The second-order valence-corrected chi connectivity index (χ2v) is 9.14. The fraction of sp³-hybridized carbons (Fsp3) is 0.407. The maximum atomic E-state index is 12.6. The molecule has 0 saturated heterocycles. The smallest absolute Gasteiger partial charge is 0.343 e. The molecule has 5 rings (SSSR count). The summed E-state index contributed by atoms with van der Waals surface area (Å²) in [6.07, 6.45) is 6.07. The quantitative estimate of drug-likeness (QED) is 0.430. The number of nitrogens with two attached hydrogens (primary N) is 1. The number of rotatable bonds is 7.